The summed E-state index contributed by atoms with van der Waals surface area (Å²) < 4.78 is 0. The fraction of sp³-hybridized carbons (Fsp3) is 0.818. The van der Waals surface area contributed by atoms with Crippen LogP contribution in [0, 0.1) is 11.8 Å². The lowest BCUT2D eigenvalue weighted by Gasteiger charge is -2.13. The van der Waals surface area contributed by atoms with Gasteiger partial charge in [-0.2, -0.15) is 11.8 Å². The minimum atomic E-state index is -0.831. The number of aliphatic carboxylic acids is 1. The molecule has 98 valence electrons. The van der Waals surface area contributed by atoms with Crippen LogP contribution in [0.4, 0.5) is 4.79 Å². The number of rotatable bonds is 6. The van der Waals surface area contributed by atoms with Gasteiger partial charge in [0.05, 0.1) is 0 Å². The molecule has 1 rings (SSSR count). The van der Waals surface area contributed by atoms with Gasteiger partial charge in [0.2, 0.25) is 0 Å². The van der Waals surface area contributed by atoms with Gasteiger partial charge in [-0.25, -0.2) is 4.79 Å². The Bertz CT molecular complexity index is 267. The van der Waals surface area contributed by atoms with Gasteiger partial charge in [-0.15, -0.1) is 0 Å². The summed E-state index contributed by atoms with van der Waals surface area (Å²) in [4.78, 5) is 21.8. The van der Waals surface area contributed by atoms with Gasteiger partial charge in [0, 0.05) is 19.5 Å². The Kier molecular flexibility index (Phi) is 6.18. The monoisotopic (exact) mass is 260 g/mol. The van der Waals surface area contributed by atoms with Crippen molar-refractivity contribution >= 4 is 23.8 Å². The first-order valence-corrected chi connectivity index (χ1v) is 7.04. The van der Waals surface area contributed by atoms with Crippen molar-refractivity contribution in [3.63, 3.8) is 0 Å². The van der Waals surface area contributed by atoms with Crippen molar-refractivity contribution in [2.24, 2.45) is 11.8 Å². The predicted octanol–water partition coefficient (Wildman–Crippen LogP) is 1.15. The fourth-order valence-electron chi connectivity index (χ4n) is 1.68. The van der Waals surface area contributed by atoms with Crippen molar-refractivity contribution in [1.29, 1.82) is 0 Å². The van der Waals surface area contributed by atoms with Gasteiger partial charge < -0.3 is 15.7 Å². The first-order chi connectivity index (χ1) is 8.08. The summed E-state index contributed by atoms with van der Waals surface area (Å²) in [5, 5.41) is 14.1. The van der Waals surface area contributed by atoms with Crippen molar-refractivity contribution in [2.75, 3.05) is 24.6 Å². The smallest absolute Gasteiger partial charge is 0.314 e. The highest BCUT2D eigenvalue weighted by atomic mass is 32.2. The molecule has 2 atom stereocenters. The summed E-state index contributed by atoms with van der Waals surface area (Å²) >= 11 is 1.92. The van der Waals surface area contributed by atoms with Crippen LogP contribution >= 0.6 is 11.8 Å². The molecule has 1 aliphatic heterocycles. The zero-order valence-corrected chi connectivity index (χ0v) is 10.9. The van der Waals surface area contributed by atoms with Gasteiger partial charge in [0.1, 0.15) is 0 Å². The first-order valence-electron chi connectivity index (χ1n) is 5.89. The van der Waals surface area contributed by atoms with E-state index in [1.54, 1.807) is 0 Å². The number of amides is 2. The third-order valence-electron chi connectivity index (χ3n) is 2.71. The maximum atomic E-state index is 11.4. The molecule has 0 spiro atoms. The van der Waals surface area contributed by atoms with Gasteiger partial charge in [-0.1, -0.05) is 6.92 Å². The van der Waals surface area contributed by atoms with Crippen molar-refractivity contribution in [2.45, 2.75) is 19.8 Å². The molecule has 6 heteroatoms. The fourth-order valence-corrected chi connectivity index (χ4v) is 2.97. The lowest BCUT2D eigenvalue weighted by atomic mass is 10.1. The predicted molar refractivity (Wildman–Crippen MR) is 68.3 cm³/mol. The van der Waals surface area contributed by atoms with E-state index in [0.29, 0.717) is 19.0 Å². The number of hydrogen-bond acceptors (Lipinski definition) is 3. The Hall–Kier alpha value is -0.910. The Morgan fingerprint density at radius 3 is 2.82 bits per heavy atom. The minimum absolute atomic E-state index is 0.0414. The van der Waals surface area contributed by atoms with Gasteiger partial charge in [0.15, 0.2) is 0 Å². The number of hydrogen-bond donors (Lipinski definition) is 3. The van der Waals surface area contributed by atoms with Crippen LogP contribution in [0.15, 0.2) is 0 Å². The number of urea groups is 1. The number of nitrogens with one attached hydrogen (secondary N) is 2. The molecule has 0 aromatic rings. The van der Waals surface area contributed by atoms with Crippen molar-refractivity contribution in [1.82, 2.24) is 10.6 Å². The van der Waals surface area contributed by atoms with Gasteiger partial charge in [-0.3, -0.25) is 4.79 Å². The Labute approximate surface area is 106 Å². The molecule has 0 aromatic heterocycles. The second kappa shape index (κ2) is 7.42. The quantitative estimate of drug-likeness (QED) is 0.669. The van der Waals surface area contributed by atoms with E-state index >= 15 is 0 Å². The van der Waals surface area contributed by atoms with Crippen LogP contribution in [0.3, 0.4) is 0 Å². The van der Waals surface area contributed by atoms with Crippen LogP contribution in [-0.4, -0.2) is 41.7 Å². The Morgan fingerprint density at radius 1 is 1.47 bits per heavy atom. The molecular formula is C11H20N2O3S. The van der Waals surface area contributed by atoms with E-state index in [1.807, 2.05) is 18.7 Å². The van der Waals surface area contributed by atoms with E-state index in [1.165, 1.54) is 12.2 Å². The standard InChI is InChI=1S/C11H20N2O3S/c1-8(4-10(14)15)5-12-11(16)13-6-9-2-3-17-7-9/h8-9H,2-7H2,1H3,(H,14,15)(H2,12,13,16). The van der Waals surface area contributed by atoms with Crippen molar-refractivity contribution in [3.8, 4) is 0 Å². The second-order valence-electron chi connectivity index (χ2n) is 4.52. The lowest BCUT2D eigenvalue weighted by molar-refractivity contribution is -0.137. The van der Waals surface area contributed by atoms with Crippen LogP contribution in [0.5, 0.6) is 0 Å². The molecule has 2 amide bonds. The molecule has 2 unspecified atom stereocenters. The maximum absolute atomic E-state index is 11.4. The summed E-state index contributed by atoms with van der Waals surface area (Å²) in [7, 11) is 0. The van der Waals surface area contributed by atoms with Gasteiger partial charge >= 0.3 is 12.0 Å². The average molecular weight is 260 g/mol. The van der Waals surface area contributed by atoms with Crippen LogP contribution in [-0.2, 0) is 4.79 Å². The molecule has 1 heterocycles. The Morgan fingerprint density at radius 2 is 2.24 bits per heavy atom. The zero-order valence-electron chi connectivity index (χ0n) is 10.1. The molecule has 17 heavy (non-hydrogen) atoms. The molecule has 0 bridgehead atoms. The molecule has 1 fully saturated rings. The number of carbonyl (C=O) groups is 2. The third-order valence-corrected chi connectivity index (χ3v) is 3.94. The second-order valence-corrected chi connectivity index (χ2v) is 5.67. The minimum Gasteiger partial charge on any atom is -0.481 e. The molecule has 1 saturated heterocycles. The highest BCUT2D eigenvalue weighted by molar-refractivity contribution is 7.99. The largest absolute Gasteiger partial charge is 0.481 e. The summed E-state index contributed by atoms with van der Waals surface area (Å²) in [5.74, 6) is 2.02. The van der Waals surface area contributed by atoms with Crippen LogP contribution in [0.25, 0.3) is 0 Å². The van der Waals surface area contributed by atoms with E-state index in [9.17, 15) is 9.59 Å². The van der Waals surface area contributed by atoms with E-state index in [4.69, 9.17) is 5.11 Å². The highest BCUT2D eigenvalue weighted by Crippen LogP contribution is 2.22. The number of carbonyl (C=O) groups excluding carboxylic acids is 1. The molecular weight excluding hydrogens is 240 g/mol. The van der Waals surface area contributed by atoms with Crippen molar-refractivity contribution in [3.05, 3.63) is 0 Å². The molecule has 5 nitrogen and oxygen atoms in total. The van der Waals surface area contributed by atoms with Crippen LogP contribution in [0.1, 0.15) is 19.8 Å². The molecule has 1 aliphatic rings. The summed E-state index contributed by atoms with van der Waals surface area (Å²) in [5.41, 5.74) is 0. The van der Waals surface area contributed by atoms with E-state index < -0.39 is 5.97 Å². The summed E-state index contributed by atoms with van der Waals surface area (Å²) in [6.07, 6.45) is 1.25. The van der Waals surface area contributed by atoms with Crippen molar-refractivity contribution < 1.29 is 14.7 Å². The average Bonchev–Trinajstić information content (AvgIpc) is 2.75. The van der Waals surface area contributed by atoms with E-state index in [0.717, 1.165) is 5.75 Å². The molecule has 0 aliphatic carbocycles. The topological polar surface area (TPSA) is 78.4 Å². The van der Waals surface area contributed by atoms with E-state index in [2.05, 4.69) is 10.6 Å². The van der Waals surface area contributed by atoms with Gasteiger partial charge in [0.25, 0.3) is 0 Å². The third kappa shape index (κ3) is 6.41. The normalized spacial score (nSPS) is 20.9. The molecule has 0 radical (unpaired) electrons. The maximum Gasteiger partial charge on any atom is 0.314 e. The van der Waals surface area contributed by atoms with Crippen LogP contribution in [0.2, 0.25) is 0 Å². The highest BCUT2D eigenvalue weighted by Gasteiger charge is 2.16. The molecule has 3 N–H and O–H groups in total. The van der Waals surface area contributed by atoms with E-state index in [-0.39, 0.29) is 18.4 Å². The molecule has 0 aromatic carbocycles. The number of carboxylic acids is 1. The lowest BCUT2D eigenvalue weighted by Crippen LogP contribution is -2.40. The first kappa shape index (κ1) is 14.2. The summed E-state index contributed by atoms with van der Waals surface area (Å²) in [6, 6.07) is -0.195. The van der Waals surface area contributed by atoms with Gasteiger partial charge in [-0.05, 0) is 29.8 Å². The molecule has 0 saturated carbocycles. The zero-order chi connectivity index (χ0) is 12.7. The summed E-state index contributed by atoms with van der Waals surface area (Å²) in [6.45, 7) is 2.92. The number of carboxylic acid groups (broad SMARTS) is 1. The number of thioether (sulfide) groups is 1. The SMILES string of the molecule is CC(CNC(=O)NCC1CCSC1)CC(=O)O. The van der Waals surface area contributed by atoms with Crippen LogP contribution < -0.4 is 10.6 Å². The Balaban J connectivity index is 2.05.